The van der Waals surface area contributed by atoms with Crippen LogP contribution >= 0.6 is 15.9 Å². The Labute approximate surface area is 91.7 Å². The molecule has 1 aromatic rings. The fourth-order valence-corrected chi connectivity index (χ4v) is 1.67. The van der Waals surface area contributed by atoms with Gasteiger partial charge in [-0.15, -0.1) is 0 Å². The number of hydrogen-bond acceptors (Lipinski definition) is 3. The summed E-state index contributed by atoms with van der Waals surface area (Å²) in [5.74, 6) is 0. The zero-order valence-electron chi connectivity index (χ0n) is 7.78. The van der Waals surface area contributed by atoms with Crippen LogP contribution in [0.3, 0.4) is 0 Å². The molecule has 1 atom stereocenters. The van der Waals surface area contributed by atoms with Gasteiger partial charge in [0.1, 0.15) is 0 Å². The highest BCUT2D eigenvalue weighted by Crippen LogP contribution is 2.26. The Kier molecular flexibility index (Phi) is 4.38. The van der Waals surface area contributed by atoms with Gasteiger partial charge in [0.2, 0.25) is 0 Å². The van der Waals surface area contributed by atoms with Gasteiger partial charge >= 0.3 is 0 Å². The number of nitrogen functional groups attached to an aromatic ring is 1. The smallest absolute Gasteiger partial charge is 0.0810 e. The van der Waals surface area contributed by atoms with Crippen LogP contribution in [0.25, 0.3) is 0 Å². The van der Waals surface area contributed by atoms with Crippen LogP contribution in [0.15, 0.2) is 22.7 Å². The van der Waals surface area contributed by atoms with E-state index in [0.717, 1.165) is 10.0 Å². The number of benzene rings is 1. The fourth-order valence-electron chi connectivity index (χ4n) is 1.29. The molecule has 0 spiro atoms. The third-order valence-electron chi connectivity index (χ3n) is 2.04. The van der Waals surface area contributed by atoms with Gasteiger partial charge in [-0.25, -0.2) is 0 Å². The molecule has 0 heterocycles. The molecular weight excluding hydrogens is 246 g/mol. The monoisotopic (exact) mass is 259 g/mol. The first kappa shape index (κ1) is 11.5. The van der Waals surface area contributed by atoms with Crippen molar-refractivity contribution in [2.45, 2.75) is 18.9 Å². The predicted molar refractivity (Wildman–Crippen MR) is 59.8 cm³/mol. The van der Waals surface area contributed by atoms with Crippen molar-refractivity contribution in [3.05, 3.63) is 28.2 Å². The maximum atomic E-state index is 9.72. The van der Waals surface area contributed by atoms with Crippen molar-refractivity contribution in [1.29, 1.82) is 0 Å². The molecule has 1 rings (SSSR count). The lowest BCUT2D eigenvalue weighted by atomic mass is 10.0. The molecule has 4 N–H and O–H groups in total. The van der Waals surface area contributed by atoms with Crippen molar-refractivity contribution >= 4 is 21.6 Å². The van der Waals surface area contributed by atoms with Gasteiger partial charge in [-0.05, 0) is 25.0 Å². The molecule has 0 saturated heterocycles. The molecule has 0 aromatic heterocycles. The molecule has 0 fully saturated rings. The molecule has 1 aromatic carbocycles. The van der Waals surface area contributed by atoms with E-state index in [-0.39, 0.29) is 6.61 Å². The molecule has 1 unspecified atom stereocenters. The van der Waals surface area contributed by atoms with Gasteiger partial charge in [0.05, 0.1) is 6.10 Å². The maximum absolute atomic E-state index is 9.72. The van der Waals surface area contributed by atoms with Gasteiger partial charge in [0, 0.05) is 22.3 Å². The van der Waals surface area contributed by atoms with E-state index in [1.165, 1.54) is 0 Å². The Bertz CT molecular complexity index is 304. The molecule has 3 nitrogen and oxygen atoms in total. The highest BCUT2D eigenvalue weighted by Gasteiger charge is 2.10. The second-order valence-corrected chi connectivity index (χ2v) is 4.07. The molecule has 0 amide bonds. The first-order valence-electron chi connectivity index (χ1n) is 4.49. The van der Waals surface area contributed by atoms with E-state index in [1.54, 1.807) is 12.1 Å². The van der Waals surface area contributed by atoms with Crippen molar-refractivity contribution in [2.24, 2.45) is 0 Å². The summed E-state index contributed by atoms with van der Waals surface area (Å²) in [5.41, 5.74) is 7.04. The van der Waals surface area contributed by atoms with Crippen LogP contribution < -0.4 is 5.73 Å². The molecule has 0 aliphatic carbocycles. The minimum absolute atomic E-state index is 0.0908. The quantitative estimate of drug-likeness (QED) is 0.723. The number of aliphatic hydroxyl groups is 2. The Balaban J connectivity index is 2.74. The van der Waals surface area contributed by atoms with Gasteiger partial charge < -0.3 is 15.9 Å². The van der Waals surface area contributed by atoms with Crippen molar-refractivity contribution in [1.82, 2.24) is 0 Å². The van der Waals surface area contributed by atoms with Gasteiger partial charge in [-0.2, -0.15) is 0 Å². The van der Waals surface area contributed by atoms with E-state index >= 15 is 0 Å². The average molecular weight is 260 g/mol. The van der Waals surface area contributed by atoms with E-state index in [1.807, 2.05) is 6.07 Å². The minimum atomic E-state index is -0.588. The van der Waals surface area contributed by atoms with Crippen molar-refractivity contribution < 1.29 is 10.2 Å². The van der Waals surface area contributed by atoms with Gasteiger partial charge in [-0.3, -0.25) is 0 Å². The lowest BCUT2D eigenvalue weighted by Crippen LogP contribution is -2.03. The van der Waals surface area contributed by atoms with E-state index in [0.29, 0.717) is 18.5 Å². The summed E-state index contributed by atoms with van der Waals surface area (Å²) in [6.45, 7) is 0.0908. The summed E-state index contributed by atoms with van der Waals surface area (Å²) < 4.78 is 0.896. The number of rotatable bonds is 4. The molecule has 0 aliphatic heterocycles. The number of aliphatic hydroxyl groups excluding tert-OH is 2. The predicted octanol–water partition coefficient (Wildman–Crippen LogP) is 1.84. The van der Waals surface area contributed by atoms with Gasteiger partial charge in [0.25, 0.3) is 0 Å². The van der Waals surface area contributed by atoms with Crippen LogP contribution in [0, 0.1) is 0 Å². The summed E-state index contributed by atoms with van der Waals surface area (Å²) in [7, 11) is 0. The molecular formula is C10H14BrNO2. The molecule has 14 heavy (non-hydrogen) atoms. The standard InChI is InChI=1S/C10H14BrNO2/c11-7-3-4-8(9(12)6-7)10(14)2-1-5-13/h3-4,6,10,13-14H,1-2,5,12H2. The topological polar surface area (TPSA) is 66.5 Å². The Morgan fingerprint density at radius 1 is 1.43 bits per heavy atom. The van der Waals surface area contributed by atoms with Crippen LogP contribution in [0.1, 0.15) is 24.5 Å². The number of hydrogen-bond donors (Lipinski definition) is 3. The molecule has 78 valence electrons. The van der Waals surface area contributed by atoms with E-state index in [2.05, 4.69) is 15.9 Å². The minimum Gasteiger partial charge on any atom is -0.398 e. The maximum Gasteiger partial charge on any atom is 0.0810 e. The van der Waals surface area contributed by atoms with Crippen LogP contribution in [0.5, 0.6) is 0 Å². The largest absolute Gasteiger partial charge is 0.398 e. The lowest BCUT2D eigenvalue weighted by molar-refractivity contribution is 0.152. The van der Waals surface area contributed by atoms with E-state index in [4.69, 9.17) is 10.8 Å². The zero-order chi connectivity index (χ0) is 10.6. The van der Waals surface area contributed by atoms with E-state index < -0.39 is 6.10 Å². The van der Waals surface area contributed by atoms with Crippen LogP contribution in [-0.2, 0) is 0 Å². The SMILES string of the molecule is Nc1cc(Br)ccc1C(O)CCCO. The molecule has 0 aliphatic rings. The van der Waals surface area contributed by atoms with Gasteiger partial charge in [-0.1, -0.05) is 22.0 Å². The van der Waals surface area contributed by atoms with Crippen molar-refractivity contribution in [3.8, 4) is 0 Å². The fraction of sp³-hybridized carbons (Fsp3) is 0.400. The second kappa shape index (κ2) is 5.34. The number of halogens is 1. The van der Waals surface area contributed by atoms with E-state index in [9.17, 15) is 5.11 Å². The van der Waals surface area contributed by atoms with Crippen LogP contribution in [-0.4, -0.2) is 16.8 Å². The van der Waals surface area contributed by atoms with Crippen LogP contribution in [0.2, 0.25) is 0 Å². The third kappa shape index (κ3) is 2.97. The summed E-state index contributed by atoms with van der Waals surface area (Å²) in [6, 6.07) is 5.40. The Morgan fingerprint density at radius 3 is 2.71 bits per heavy atom. The first-order chi connectivity index (χ1) is 6.65. The molecule has 0 radical (unpaired) electrons. The lowest BCUT2D eigenvalue weighted by Gasteiger charge is -2.12. The Hall–Kier alpha value is -0.580. The second-order valence-electron chi connectivity index (χ2n) is 3.15. The summed E-state index contributed by atoms with van der Waals surface area (Å²) >= 11 is 3.30. The molecule has 4 heteroatoms. The van der Waals surface area contributed by atoms with Gasteiger partial charge in [0.15, 0.2) is 0 Å². The van der Waals surface area contributed by atoms with Crippen LogP contribution in [0.4, 0.5) is 5.69 Å². The average Bonchev–Trinajstić information content (AvgIpc) is 2.14. The third-order valence-corrected chi connectivity index (χ3v) is 2.54. The highest BCUT2D eigenvalue weighted by molar-refractivity contribution is 9.10. The summed E-state index contributed by atoms with van der Waals surface area (Å²) in [5, 5.41) is 18.3. The highest BCUT2D eigenvalue weighted by atomic mass is 79.9. The number of nitrogens with two attached hydrogens (primary N) is 1. The normalized spacial score (nSPS) is 12.8. The van der Waals surface area contributed by atoms with Crippen molar-refractivity contribution in [2.75, 3.05) is 12.3 Å². The zero-order valence-corrected chi connectivity index (χ0v) is 9.37. The molecule has 0 bridgehead atoms. The van der Waals surface area contributed by atoms with Crippen molar-refractivity contribution in [3.63, 3.8) is 0 Å². The summed E-state index contributed by atoms with van der Waals surface area (Å²) in [6.07, 6.45) is 0.522. The number of anilines is 1. The Morgan fingerprint density at radius 2 is 2.14 bits per heavy atom. The molecule has 0 saturated carbocycles. The first-order valence-corrected chi connectivity index (χ1v) is 5.28. The summed E-state index contributed by atoms with van der Waals surface area (Å²) in [4.78, 5) is 0.